The van der Waals surface area contributed by atoms with Gasteiger partial charge in [-0.2, -0.15) is 0 Å². The van der Waals surface area contributed by atoms with Gasteiger partial charge in [0, 0.05) is 32.4 Å². The Morgan fingerprint density at radius 3 is 2.75 bits per heavy atom. The van der Waals surface area contributed by atoms with Gasteiger partial charge < -0.3 is 14.2 Å². The summed E-state index contributed by atoms with van der Waals surface area (Å²) >= 11 is 0. The highest BCUT2D eigenvalue weighted by atomic mass is 16.4. The van der Waals surface area contributed by atoms with Crippen molar-refractivity contribution >= 4 is 11.8 Å². The molecule has 28 heavy (non-hydrogen) atoms. The number of aryl methyl sites for hydroxylation is 2. The van der Waals surface area contributed by atoms with E-state index in [4.69, 9.17) is 4.42 Å². The first kappa shape index (κ1) is 18.7. The molecule has 1 aromatic carbocycles. The van der Waals surface area contributed by atoms with Crippen LogP contribution in [-0.2, 0) is 35.4 Å². The number of fused-ring (bicyclic) bond motifs is 1. The van der Waals surface area contributed by atoms with E-state index in [2.05, 4.69) is 17.1 Å². The Hall–Kier alpha value is -2.63. The van der Waals surface area contributed by atoms with Crippen molar-refractivity contribution in [2.75, 3.05) is 19.6 Å². The summed E-state index contributed by atoms with van der Waals surface area (Å²) in [5.41, 5.74) is 2.13. The Morgan fingerprint density at radius 1 is 1.04 bits per heavy atom. The van der Waals surface area contributed by atoms with Crippen molar-refractivity contribution in [1.29, 1.82) is 0 Å². The molecule has 6 nitrogen and oxygen atoms in total. The first-order valence-corrected chi connectivity index (χ1v) is 10.3. The summed E-state index contributed by atoms with van der Waals surface area (Å²) in [4.78, 5) is 33.0. The van der Waals surface area contributed by atoms with Crippen molar-refractivity contribution in [3.05, 3.63) is 53.2 Å². The third-order valence-corrected chi connectivity index (χ3v) is 5.59. The predicted molar refractivity (Wildman–Crippen MR) is 105 cm³/mol. The van der Waals surface area contributed by atoms with Gasteiger partial charge in [-0.3, -0.25) is 9.59 Å². The van der Waals surface area contributed by atoms with E-state index >= 15 is 0 Å². The lowest BCUT2D eigenvalue weighted by Crippen LogP contribution is -2.44. The van der Waals surface area contributed by atoms with E-state index in [0.29, 0.717) is 32.5 Å². The van der Waals surface area contributed by atoms with E-state index in [9.17, 15) is 9.59 Å². The molecule has 6 heteroatoms. The summed E-state index contributed by atoms with van der Waals surface area (Å²) in [6.45, 7) is 1.98. The molecule has 2 aromatic rings. The number of hydrogen-bond acceptors (Lipinski definition) is 4. The van der Waals surface area contributed by atoms with Crippen LogP contribution in [-0.4, -0.2) is 46.2 Å². The molecule has 1 fully saturated rings. The molecule has 1 aromatic heterocycles. The fraction of sp³-hybridized carbons (Fsp3) is 0.500. The average Bonchev–Trinajstić information content (AvgIpc) is 3.03. The number of hydrogen-bond donors (Lipinski definition) is 0. The third kappa shape index (κ3) is 4.43. The number of benzene rings is 1. The number of aromatic nitrogens is 1. The lowest BCUT2D eigenvalue weighted by Gasteiger charge is -2.28. The highest BCUT2D eigenvalue weighted by Gasteiger charge is 2.28. The molecule has 4 rings (SSSR count). The molecule has 3 heterocycles. The highest BCUT2D eigenvalue weighted by Crippen LogP contribution is 2.21. The molecule has 0 bridgehead atoms. The standard InChI is InChI=1S/C22H27N3O3/c26-21-9-5-2-6-13-24(21)16-22(27)25-14-12-19-18(15-25)23-20(28-19)11-10-17-7-3-1-4-8-17/h1,3-4,7-8H,2,5-6,9-16H2. The molecule has 0 radical (unpaired) electrons. The summed E-state index contributed by atoms with van der Waals surface area (Å²) in [6, 6.07) is 10.3. The fourth-order valence-corrected chi connectivity index (χ4v) is 3.94. The van der Waals surface area contributed by atoms with Gasteiger partial charge in [0.1, 0.15) is 11.5 Å². The van der Waals surface area contributed by atoms with Gasteiger partial charge in [-0.05, 0) is 24.8 Å². The first-order valence-electron chi connectivity index (χ1n) is 10.3. The monoisotopic (exact) mass is 381 g/mol. The van der Waals surface area contributed by atoms with E-state index in [0.717, 1.165) is 49.4 Å². The maximum atomic E-state index is 12.7. The molecule has 2 aliphatic heterocycles. The zero-order valence-electron chi connectivity index (χ0n) is 16.2. The quantitative estimate of drug-likeness (QED) is 0.799. The van der Waals surface area contributed by atoms with Crippen LogP contribution in [0.4, 0.5) is 0 Å². The van der Waals surface area contributed by atoms with Crippen LogP contribution in [0.15, 0.2) is 34.7 Å². The molecular weight excluding hydrogens is 354 g/mol. The van der Waals surface area contributed by atoms with Crippen LogP contribution < -0.4 is 0 Å². The zero-order valence-corrected chi connectivity index (χ0v) is 16.2. The summed E-state index contributed by atoms with van der Waals surface area (Å²) in [5.74, 6) is 1.76. The summed E-state index contributed by atoms with van der Waals surface area (Å²) in [6.07, 6.45) is 5.87. The fourth-order valence-electron chi connectivity index (χ4n) is 3.94. The van der Waals surface area contributed by atoms with Gasteiger partial charge in [0.25, 0.3) is 0 Å². The molecule has 2 amide bonds. The van der Waals surface area contributed by atoms with Gasteiger partial charge in [0.15, 0.2) is 5.89 Å². The predicted octanol–water partition coefficient (Wildman–Crippen LogP) is 2.75. The van der Waals surface area contributed by atoms with Crippen LogP contribution in [0, 0.1) is 0 Å². The van der Waals surface area contributed by atoms with Crippen LogP contribution in [0.5, 0.6) is 0 Å². The largest absolute Gasteiger partial charge is 0.445 e. The second kappa shape index (κ2) is 8.59. The minimum Gasteiger partial charge on any atom is -0.445 e. The molecule has 0 saturated carbocycles. The molecule has 0 atom stereocenters. The number of rotatable bonds is 5. The second-order valence-electron chi connectivity index (χ2n) is 7.65. The lowest BCUT2D eigenvalue weighted by atomic mass is 10.1. The smallest absolute Gasteiger partial charge is 0.242 e. The lowest BCUT2D eigenvalue weighted by molar-refractivity contribution is -0.140. The molecule has 0 aliphatic carbocycles. The van der Waals surface area contributed by atoms with Crippen LogP contribution in [0.3, 0.4) is 0 Å². The average molecular weight is 381 g/mol. The highest BCUT2D eigenvalue weighted by molar-refractivity contribution is 5.85. The normalized spacial score (nSPS) is 17.4. The zero-order chi connectivity index (χ0) is 19.3. The molecular formula is C22H27N3O3. The molecule has 148 valence electrons. The van der Waals surface area contributed by atoms with Crippen LogP contribution in [0.1, 0.15) is 48.6 Å². The summed E-state index contributed by atoms with van der Waals surface area (Å²) in [7, 11) is 0. The van der Waals surface area contributed by atoms with Crippen LogP contribution in [0.2, 0.25) is 0 Å². The van der Waals surface area contributed by atoms with Gasteiger partial charge >= 0.3 is 0 Å². The van der Waals surface area contributed by atoms with Gasteiger partial charge in [0.2, 0.25) is 11.8 Å². The number of carbonyl (C=O) groups excluding carboxylic acids is 2. The van der Waals surface area contributed by atoms with Gasteiger partial charge in [-0.25, -0.2) is 4.98 Å². The topological polar surface area (TPSA) is 66.7 Å². The third-order valence-electron chi connectivity index (χ3n) is 5.59. The van der Waals surface area contributed by atoms with E-state index in [1.54, 1.807) is 4.90 Å². The number of amides is 2. The number of oxazole rings is 1. The van der Waals surface area contributed by atoms with E-state index in [1.165, 1.54) is 5.56 Å². The van der Waals surface area contributed by atoms with Gasteiger partial charge in [-0.1, -0.05) is 36.8 Å². The minimum absolute atomic E-state index is 0.00901. The molecule has 0 unspecified atom stereocenters. The molecule has 0 spiro atoms. The maximum absolute atomic E-state index is 12.7. The van der Waals surface area contributed by atoms with Crippen LogP contribution in [0.25, 0.3) is 0 Å². The maximum Gasteiger partial charge on any atom is 0.242 e. The van der Waals surface area contributed by atoms with Crippen molar-refractivity contribution in [2.45, 2.75) is 51.5 Å². The van der Waals surface area contributed by atoms with Crippen molar-refractivity contribution in [3.63, 3.8) is 0 Å². The Kier molecular flexibility index (Phi) is 5.74. The number of likely N-dealkylation sites (tertiary alicyclic amines) is 1. The Bertz CT molecular complexity index is 831. The Balaban J connectivity index is 1.34. The van der Waals surface area contributed by atoms with E-state index < -0.39 is 0 Å². The number of nitrogens with zero attached hydrogens (tertiary/aromatic N) is 3. The molecule has 2 aliphatic rings. The van der Waals surface area contributed by atoms with Gasteiger partial charge in [0.05, 0.1) is 13.1 Å². The minimum atomic E-state index is 0.00901. The number of carbonyl (C=O) groups is 2. The van der Waals surface area contributed by atoms with Crippen molar-refractivity contribution < 1.29 is 14.0 Å². The second-order valence-corrected chi connectivity index (χ2v) is 7.65. The first-order chi connectivity index (χ1) is 13.7. The SMILES string of the molecule is O=C1CCCCCN1CC(=O)N1CCc2oc(CCc3ccccc3)nc2C1. The Morgan fingerprint density at radius 2 is 1.89 bits per heavy atom. The van der Waals surface area contributed by atoms with Crippen molar-refractivity contribution in [1.82, 2.24) is 14.8 Å². The Labute approximate surface area is 165 Å². The van der Waals surface area contributed by atoms with Crippen LogP contribution >= 0.6 is 0 Å². The van der Waals surface area contributed by atoms with E-state index in [-0.39, 0.29) is 18.4 Å². The summed E-state index contributed by atoms with van der Waals surface area (Å²) < 4.78 is 5.93. The molecule has 1 saturated heterocycles. The molecule has 0 N–H and O–H groups in total. The van der Waals surface area contributed by atoms with E-state index in [1.807, 2.05) is 23.1 Å². The van der Waals surface area contributed by atoms with Crippen molar-refractivity contribution in [3.8, 4) is 0 Å². The van der Waals surface area contributed by atoms with Crippen molar-refractivity contribution in [2.24, 2.45) is 0 Å². The summed E-state index contributed by atoms with van der Waals surface area (Å²) in [5, 5.41) is 0. The van der Waals surface area contributed by atoms with Gasteiger partial charge in [-0.15, -0.1) is 0 Å².